The molecule has 3 heterocycles. The predicted octanol–water partition coefficient (Wildman–Crippen LogP) is 4.38. The fraction of sp³-hybridized carbons (Fsp3) is 0.167. The molecular formula is C18H17N5S. The Morgan fingerprint density at radius 2 is 1.88 bits per heavy atom. The summed E-state index contributed by atoms with van der Waals surface area (Å²) in [6.07, 6.45) is 3.41. The lowest BCUT2D eigenvalue weighted by Crippen LogP contribution is -2.00. The fourth-order valence-corrected chi connectivity index (χ4v) is 3.85. The van der Waals surface area contributed by atoms with Crippen LogP contribution in [0.3, 0.4) is 0 Å². The van der Waals surface area contributed by atoms with Gasteiger partial charge >= 0.3 is 0 Å². The predicted molar refractivity (Wildman–Crippen MR) is 98.9 cm³/mol. The molecule has 0 amide bonds. The molecule has 0 aliphatic rings. The van der Waals surface area contributed by atoms with Gasteiger partial charge in [-0.3, -0.25) is 0 Å². The molecule has 0 unspecified atom stereocenters. The van der Waals surface area contributed by atoms with Crippen molar-refractivity contribution in [2.24, 2.45) is 0 Å². The maximum absolute atomic E-state index is 6.00. The minimum Gasteiger partial charge on any atom is -0.383 e. The quantitative estimate of drug-likeness (QED) is 0.603. The summed E-state index contributed by atoms with van der Waals surface area (Å²) in [5.41, 5.74) is 9.17. The molecule has 120 valence electrons. The van der Waals surface area contributed by atoms with Crippen molar-refractivity contribution in [3.05, 3.63) is 49.1 Å². The summed E-state index contributed by atoms with van der Waals surface area (Å²) >= 11 is 1.62. The SMILES string of the molecule is CC(C)n1cnc(-c2ccccc2)c1-c1cc2c(N)ncnc2s1. The molecule has 3 aromatic heterocycles. The number of benzene rings is 1. The molecular weight excluding hydrogens is 318 g/mol. The first-order valence-corrected chi connectivity index (χ1v) is 8.59. The zero-order valence-electron chi connectivity index (χ0n) is 13.5. The fourth-order valence-electron chi connectivity index (χ4n) is 2.79. The Kier molecular flexibility index (Phi) is 3.54. The zero-order chi connectivity index (χ0) is 16.7. The Morgan fingerprint density at radius 1 is 1.08 bits per heavy atom. The summed E-state index contributed by atoms with van der Waals surface area (Å²) in [4.78, 5) is 15.1. The maximum Gasteiger partial charge on any atom is 0.135 e. The van der Waals surface area contributed by atoms with E-state index >= 15 is 0 Å². The van der Waals surface area contributed by atoms with Gasteiger partial charge in [-0.25, -0.2) is 15.0 Å². The standard InChI is InChI=1S/C18H17N5S/c1-11(2)23-10-22-15(12-6-4-3-5-7-12)16(23)14-8-13-17(19)20-9-21-18(13)24-14/h3-11H,1-2H3,(H2,19,20,21). The number of nitrogens with zero attached hydrogens (tertiary/aromatic N) is 4. The molecule has 6 heteroatoms. The van der Waals surface area contributed by atoms with E-state index in [1.54, 1.807) is 11.3 Å². The third-order valence-electron chi connectivity index (χ3n) is 3.99. The number of rotatable bonds is 3. The summed E-state index contributed by atoms with van der Waals surface area (Å²) < 4.78 is 2.19. The number of thiophene rings is 1. The van der Waals surface area contributed by atoms with E-state index in [0.717, 1.165) is 32.0 Å². The van der Waals surface area contributed by atoms with Gasteiger partial charge < -0.3 is 10.3 Å². The topological polar surface area (TPSA) is 69.6 Å². The van der Waals surface area contributed by atoms with E-state index in [4.69, 9.17) is 5.73 Å². The summed E-state index contributed by atoms with van der Waals surface area (Å²) in [7, 11) is 0. The first kappa shape index (κ1) is 14.8. The van der Waals surface area contributed by atoms with Crippen molar-refractivity contribution in [2.75, 3.05) is 5.73 Å². The second-order valence-corrected chi connectivity index (χ2v) is 6.93. The van der Waals surface area contributed by atoms with Gasteiger partial charge in [-0.05, 0) is 19.9 Å². The van der Waals surface area contributed by atoms with Crippen LogP contribution in [0.25, 0.3) is 32.0 Å². The highest BCUT2D eigenvalue weighted by Gasteiger charge is 2.19. The molecule has 0 saturated carbocycles. The van der Waals surface area contributed by atoms with E-state index in [1.807, 2.05) is 24.5 Å². The van der Waals surface area contributed by atoms with Gasteiger partial charge in [-0.15, -0.1) is 11.3 Å². The monoisotopic (exact) mass is 335 g/mol. The Bertz CT molecular complexity index is 1000. The van der Waals surface area contributed by atoms with Crippen molar-refractivity contribution in [2.45, 2.75) is 19.9 Å². The molecule has 0 aliphatic carbocycles. The molecule has 0 spiro atoms. The van der Waals surface area contributed by atoms with Crippen molar-refractivity contribution >= 4 is 27.4 Å². The summed E-state index contributed by atoms with van der Waals surface area (Å²) in [5, 5.41) is 0.896. The second kappa shape index (κ2) is 5.72. The van der Waals surface area contributed by atoms with Crippen LogP contribution in [0.15, 0.2) is 49.1 Å². The largest absolute Gasteiger partial charge is 0.383 e. The summed E-state index contributed by atoms with van der Waals surface area (Å²) in [5.74, 6) is 0.513. The van der Waals surface area contributed by atoms with Gasteiger partial charge in [0.2, 0.25) is 0 Å². The van der Waals surface area contributed by atoms with E-state index in [9.17, 15) is 0 Å². The van der Waals surface area contributed by atoms with Crippen LogP contribution < -0.4 is 5.73 Å². The van der Waals surface area contributed by atoms with Gasteiger partial charge in [0.05, 0.1) is 28.0 Å². The lowest BCUT2D eigenvalue weighted by molar-refractivity contribution is 0.606. The summed E-state index contributed by atoms with van der Waals surface area (Å²) in [6, 6.07) is 12.6. The normalized spacial score (nSPS) is 11.5. The van der Waals surface area contributed by atoms with E-state index in [1.165, 1.54) is 6.33 Å². The second-order valence-electron chi connectivity index (χ2n) is 5.90. The molecule has 4 aromatic rings. The van der Waals surface area contributed by atoms with Crippen LogP contribution in [0, 0.1) is 0 Å². The molecule has 0 saturated heterocycles. The number of imidazole rings is 1. The van der Waals surface area contributed by atoms with E-state index in [0.29, 0.717) is 11.9 Å². The molecule has 0 aliphatic heterocycles. The highest BCUT2D eigenvalue weighted by molar-refractivity contribution is 7.21. The lowest BCUT2D eigenvalue weighted by Gasteiger charge is -2.12. The Balaban J connectivity index is 1.98. The Hall–Kier alpha value is -2.73. The number of hydrogen-bond donors (Lipinski definition) is 1. The molecule has 0 radical (unpaired) electrons. The van der Waals surface area contributed by atoms with Gasteiger partial charge in [0.15, 0.2) is 0 Å². The van der Waals surface area contributed by atoms with Crippen molar-refractivity contribution in [3.8, 4) is 21.8 Å². The molecule has 0 atom stereocenters. The first-order valence-electron chi connectivity index (χ1n) is 7.78. The third-order valence-corrected chi connectivity index (χ3v) is 5.04. The van der Waals surface area contributed by atoms with E-state index < -0.39 is 0 Å². The minimum absolute atomic E-state index is 0.304. The summed E-state index contributed by atoms with van der Waals surface area (Å²) in [6.45, 7) is 4.31. The lowest BCUT2D eigenvalue weighted by atomic mass is 10.1. The Morgan fingerprint density at radius 3 is 2.58 bits per heavy atom. The van der Waals surface area contributed by atoms with Crippen LogP contribution in [0.4, 0.5) is 5.82 Å². The highest BCUT2D eigenvalue weighted by Crippen LogP contribution is 2.39. The number of hydrogen-bond acceptors (Lipinski definition) is 5. The first-order chi connectivity index (χ1) is 11.6. The highest BCUT2D eigenvalue weighted by atomic mass is 32.1. The van der Waals surface area contributed by atoms with Crippen molar-refractivity contribution in [1.29, 1.82) is 0 Å². The molecule has 2 N–H and O–H groups in total. The third kappa shape index (κ3) is 2.35. The molecule has 24 heavy (non-hydrogen) atoms. The van der Waals surface area contributed by atoms with Crippen LogP contribution in [-0.4, -0.2) is 19.5 Å². The van der Waals surface area contributed by atoms with Crippen molar-refractivity contribution < 1.29 is 0 Å². The van der Waals surface area contributed by atoms with Gasteiger partial charge in [0.1, 0.15) is 17.0 Å². The van der Waals surface area contributed by atoms with Crippen LogP contribution in [-0.2, 0) is 0 Å². The maximum atomic E-state index is 6.00. The minimum atomic E-state index is 0.304. The smallest absolute Gasteiger partial charge is 0.135 e. The molecule has 0 bridgehead atoms. The number of nitrogens with two attached hydrogens (primary N) is 1. The van der Waals surface area contributed by atoms with Crippen molar-refractivity contribution in [3.63, 3.8) is 0 Å². The average molecular weight is 335 g/mol. The molecule has 1 aromatic carbocycles. The average Bonchev–Trinajstić information content (AvgIpc) is 3.20. The van der Waals surface area contributed by atoms with Crippen LogP contribution in [0.2, 0.25) is 0 Å². The van der Waals surface area contributed by atoms with E-state index in [2.05, 4.69) is 51.6 Å². The van der Waals surface area contributed by atoms with E-state index in [-0.39, 0.29) is 0 Å². The molecule has 0 fully saturated rings. The van der Waals surface area contributed by atoms with Gasteiger partial charge in [0, 0.05) is 11.6 Å². The number of aromatic nitrogens is 4. The van der Waals surface area contributed by atoms with Gasteiger partial charge in [-0.2, -0.15) is 0 Å². The number of fused-ring (bicyclic) bond motifs is 1. The molecule has 5 nitrogen and oxygen atoms in total. The van der Waals surface area contributed by atoms with Gasteiger partial charge in [-0.1, -0.05) is 30.3 Å². The van der Waals surface area contributed by atoms with Crippen LogP contribution in [0.1, 0.15) is 19.9 Å². The molecule has 4 rings (SSSR count). The number of anilines is 1. The van der Waals surface area contributed by atoms with Crippen LogP contribution in [0.5, 0.6) is 0 Å². The Labute approximate surface area is 143 Å². The van der Waals surface area contributed by atoms with Gasteiger partial charge in [0.25, 0.3) is 0 Å². The zero-order valence-corrected chi connectivity index (χ0v) is 14.3. The van der Waals surface area contributed by atoms with Crippen LogP contribution >= 0.6 is 11.3 Å². The van der Waals surface area contributed by atoms with Crippen molar-refractivity contribution in [1.82, 2.24) is 19.5 Å². The number of nitrogen functional groups attached to an aromatic ring is 1.